The molecule has 37 heavy (non-hydrogen) atoms. The maximum absolute atomic E-state index is 6.05. The first-order valence-electron chi connectivity index (χ1n) is 11.7. The van der Waals surface area contributed by atoms with Crippen LogP contribution in [-0.4, -0.2) is 75.8 Å². The molecule has 0 aliphatic carbocycles. The van der Waals surface area contributed by atoms with E-state index in [2.05, 4.69) is 25.6 Å². The zero-order chi connectivity index (χ0) is 26.5. The van der Waals surface area contributed by atoms with Gasteiger partial charge in [-0.2, -0.15) is 15.0 Å². The second-order valence-electron chi connectivity index (χ2n) is 7.64. The summed E-state index contributed by atoms with van der Waals surface area (Å²) in [7, 11) is 4.72. The lowest BCUT2D eigenvalue weighted by Crippen LogP contribution is -2.16. The van der Waals surface area contributed by atoms with Gasteiger partial charge in [-0.25, -0.2) is 0 Å². The zero-order valence-corrected chi connectivity index (χ0v) is 22.0. The van der Waals surface area contributed by atoms with Gasteiger partial charge in [-0.15, -0.1) is 0 Å². The van der Waals surface area contributed by atoms with Gasteiger partial charge in [0.1, 0.15) is 0 Å². The molecule has 0 saturated carbocycles. The summed E-state index contributed by atoms with van der Waals surface area (Å²) in [4.78, 5) is 13.7. The molecule has 0 fully saturated rings. The van der Waals surface area contributed by atoms with Crippen molar-refractivity contribution >= 4 is 23.5 Å². The summed E-state index contributed by atoms with van der Waals surface area (Å²) >= 11 is 6.05. The van der Waals surface area contributed by atoms with Gasteiger partial charge in [-0.1, -0.05) is 11.6 Å². The Balaban J connectivity index is 1.72. The zero-order valence-electron chi connectivity index (χ0n) is 21.3. The molecule has 3 rings (SSSR count). The lowest BCUT2D eigenvalue weighted by Gasteiger charge is -2.15. The van der Waals surface area contributed by atoms with Crippen LogP contribution in [0, 0.1) is 0 Å². The van der Waals surface area contributed by atoms with E-state index in [1.54, 1.807) is 33.5 Å². The number of nitrogens with zero attached hydrogens (tertiary/aromatic N) is 3. The molecule has 0 spiro atoms. The Bertz CT molecular complexity index is 1090. The van der Waals surface area contributed by atoms with Crippen LogP contribution in [0.3, 0.4) is 0 Å². The van der Waals surface area contributed by atoms with Crippen molar-refractivity contribution in [2.24, 2.45) is 5.73 Å². The van der Waals surface area contributed by atoms with Crippen molar-refractivity contribution in [3.05, 3.63) is 47.0 Å². The van der Waals surface area contributed by atoms with Gasteiger partial charge in [0, 0.05) is 30.2 Å². The third-order valence-corrected chi connectivity index (χ3v) is 5.33. The average Bonchev–Trinajstić information content (AvgIpc) is 2.93. The third-order valence-electron chi connectivity index (χ3n) is 5.08. The topological polar surface area (TPSA) is 135 Å². The first-order chi connectivity index (χ1) is 18.1. The number of aromatic nitrogens is 3. The number of hydrogen-bond donors (Lipinski definition) is 3. The maximum atomic E-state index is 6.05. The standard InChI is InChI=1S/C25H33ClN6O5/c1-33-20-14-17(15-21(34-2)22(20)35-3)16-29-25-31-23(18-4-6-19(26)7-5-18)30-24(32-25)28-9-11-37-13-12-36-10-8-27/h4-7,14-15H,8-13,16,27H2,1-3H3,(H2,28,29,30,31,32). The van der Waals surface area contributed by atoms with E-state index in [9.17, 15) is 0 Å². The molecular weight excluding hydrogens is 500 g/mol. The second-order valence-corrected chi connectivity index (χ2v) is 8.08. The van der Waals surface area contributed by atoms with Crippen LogP contribution in [0.2, 0.25) is 5.02 Å². The molecule has 200 valence electrons. The van der Waals surface area contributed by atoms with Gasteiger partial charge in [-0.3, -0.25) is 0 Å². The van der Waals surface area contributed by atoms with Gasteiger partial charge < -0.3 is 40.1 Å². The normalized spacial score (nSPS) is 10.7. The Kier molecular flexibility index (Phi) is 11.4. The number of benzene rings is 2. The molecular formula is C25H33ClN6O5. The summed E-state index contributed by atoms with van der Waals surface area (Å²) < 4.78 is 27.2. The van der Waals surface area contributed by atoms with Crippen molar-refractivity contribution in [3.8, 4) is 28.6 Å². The highest BCUT2D eigenvalue weighted by Gasteiger charge is 2.14. The molecule has 0 aliphatic heterocycles. The minimum Gasteiger partial charge on any atom is -0.493 e. The van der Waals surface area contributed by atoms with E-state index in [0.717, 1.165) is 11.1 Å². The summed E-state index contributed by atoms with van der Waals surface area (Å²) in [5, 5.41) is 7.07. The van der Waals surface area contributed by atoms with Gasteiger partial charge in [-0.05, 0) is 42.0 Å². The number of halogens is 1. The van der Waals surface area contributed by atoms with E-state index >= 15 is 0 Å². The molecule has 11 nitrogen and oxygen atoms in total. The second kappa shape index (κ2) is 15.0. The number of ether oxygens (including phenoxy) is 5. The van der Waals surface area contributed by atoms with Gasteiger partial charge >= 0.3 is 0 Å². The van der Waals surface area contributed by atoms with Crippen LogP contribution in [0.1, 0.15) is 5.56 Å². The van der Waals surface area contributed by atoms with E-state index in [4.69, 9.17) is 41.0 Å². The monoisotopic (exact) mass is 532 g/mol. The molecule has 2 aromatic carbocycles. The first-order valence-corrected chi connectivity index (χ1v) is 12.1. The van der Waals surface area contributed by atoms with Crippen LogP contribution in [0.25, 0.3) is 11.4 Å². The Labute approximate surface area is 221 Å². The SMILES string of the molecule is COc1cc(CNc2nc(NCCOCCOCCN)nc(-c3ccc(Cl)cc3)n2)cc(OC)c1OC. The van der Waals surface area contributed by atoms with Crippen LogP contribution < -0.4 is 30.6 Å². The van der Waals surface area contributed by atoms with Crippen molar-refractivity contribution in [2.45, 2.75) is 6.54 Å². The fourth-order valence-corrected chi connectivity index (χ4v) is 3.45. The molecule has 1 heterocycles. The number of nitrogens with one attached hydrogen (secondary N) is 2. The summed E-state index contributed by atoms with van der Waals surface area (Å²) in [5.41, 5.74) is 7.09. The van der Waals surface area contributed by atoms with Gasteiger partial charge in [0.15, 0.2) is 17.3 Å². The van der Waals surface area contributed by atoms with Gasteiger partial charge in [0.05, 0.1) is 47.8 Å². The molecule has 0 saturated heterocycles. The minimum atomic E-state index is 0.396. The summed E-state index contributed by atoms with van der Waals surface area (Å²) in [6.45, 7) is 3.37. The van der Waals surface area contributed by atoms with Gasteiger partial charge in [0.25, 0.3) is 0 Å². The third kappa shape index (κ3) is 8.60. The molecule has 0 atom stereocenters. The maximum Gasteiger partial charge on any atom is 0.228 e. The molecule has 0 amide bonds. The highest BCUT2D eigenvalue weighted by atomic mass is 35.5. The van der Waals surface area contributed by atoms with E-state index in [0.29, 0.717) is 86.1 Å². The Morgan fingerprint density at radius 2 is 1.41 bits per heavy atom. The number of rotatable bonds is 16. The molecule has 0 bridgehead atoms. The highest BCUT2D eigenvalue weighted by molar-refractivity contribution is 6.30. The van der Waals surface area contributed by atoms with Crippen LogP contribution >= 0.6 is 11.6 Å². The van der Waals surface area contributed by atoms with E-state index in [1.807, 2.05) is 24.3 Å². The molecule has 0 aliphatic rings. The average molecular weight is 533 g/mol. The van der Waals surface area contributed by atoms with Crippen LogP contribution in [0.5, 0.6) is 17.2 Å². The Morgan fingerprint density at radius 3 is 2.00 bits per heavy atom. The van der Waals surface area contributed by atoms with Crippen molar-refractivity contribution in [3.63, 3.8) is 0 Å². The summed E-state index contributed by atoms with van der Waals surface area (Å²) in [5.74, 6) is 2.96. The Hall–Kier alpha value is -3.38. The van der Waals surface area contributed by atoms with E-state index in [1.165, 1.54) is 0 Å². The predicted molar refractivity (Wildman–Crippen MR) is 143 cm³/mol. The highest BCUT2D eigenvalue weighted by Crippen LogP contribution is 2.38. The summed E-state index contributed by atoms with van der Waals surface area (Å²) in [6.07, 6.45) is 0. The van der Waals surface area contributed by atoms with Crippen LogP contribution in [0.4, 0.5) is 11.9 Å². The number of hydrogen-bond acceptors (Lipinski definition) is 11. The largest absolute Gasteiger partial charge is 0.493 e. The number of methoxy groups -OCH3 is 3. The summed E-state index contributed by atoms with van der Waals surface area (Å²) in [6, 6.07) is 11.0. The molecule has 12 heteroatoms. The van der Waals surface area contributed by atoms with Gasteiger partial charge in [0.2, 0.25) is 17.6 Å². The lowest BCUT2D eigenvalue weighted by molar-refractivity contribution is 0.0547. The molecule has 0 unspecified atom stereocenters. The number of anilines is 2. The van der Waals surface area contributed by atoms with Crippen LogP contribution in [-0.2, 0) is 16.0 Å². The number of nitrogens with two attached hydrogens (primary N) is 1. The molecule has 3 aromatic rings. The molecule has 4 N–H and O–H groups in total. The van der Waals surface area contributed by atoms with Crippen molar-refractivity contribution in [2.75, 3.05) is 71.5 Å². The van der Waals surface area contributed by atoms with Crippen molar-refractivity contribution in [1.82, 2.24) is 15.0 Å². The lowest BCUT2D eigenvalue weighted by atomic mass is 10.2. The fourth-order valence-electron chi connectivity index (χ4n) is 3.32. The molecule has 1 aromatic heterocycles. The fraction of sp³-hybridized carbons (Fsp3) is 0.400. The molecule has 0 radical (unpaired) electrons. The van der Waals surface area contributed by atoms with Crippen LogP contribution in [0.15, 0.2) is 36.4 Å². The van der Waals surface area contributed by atoms with E-state index < -0.39 is 0 Å². The van der Waals surface area contributed by atoms with Crippen molar-refractivity contribution < 1.29 is 23.7 Å². The minimum absolute atomic E-state index is 0.396. The first kappa shape index (κ1) is 28.2. The van der Waals surface area contributed by atoms with E-state index in [-0.39, 0.29) is 0 Å². The Morgan fingerprint density at radius 1 is 0.784 bits per heavy atom. The smallest absolute Gasteiger partial charge is 0.228 e. The quantitative estimate of drug-likeness (QED) is 0.235. The van der Waals surface area contributed by atoms with Crippen molar-refractivity contribution in [1.29, 1.82) is 0 Å². The predicted octanol–water partition coefficient (Wildman–Crippen LogP) is 3.23.